The summed E-state index contributed by atoms with van der Waals surface area (Å²) in [5.41, 5.74) is 0.994. The van der Waals surface area contributed by atoms with Crippen LogP contribution >= 0.6 is 0 Å². The number of rotatable bonds is 3. The van der Waals surface area contributed by atoms with E-state index >= 15 is 0 Å². The lowest BCUT2D eigenvalue weighted by Crippen LogP contribution is -2.46. The monoisotopic (exact) mass is 274 g/mol. The minimum Gasteiger partial charge on any atom is -0.344 e. The van der Waals surface area contributed by atoms with Gasteiger partial charge in [-0.25, -0.2) is 0 Å². The fraction of sp³-hybridized carbons (Fsp3) is 0.500. The van der Waals surface area contributed by atoms with Gasteiger partial charge < -0.3 is 10.2 Å². The molecule has 1 aliphatic rings. The number of carbonyl (C=O) groups is 2. The van der Waals surface area contributed by atoms with E-state index in [1.54, 1.807) is 11.9 Å². The molecule has 0 radical (unpaired) electrons. The minimum absolute atomic E-state index is 0.221. The summed E-state index contributed by atoms with van der Waals surface area (Å²) in [6.07, 6.45) is 5.54. The molecule has 0 bridgehead atoms. The van der Waals surface area contributed by atoms with E-state index in [1.807, 2.05) is 30.3 Å². The molecule has 0 aliphatic heterocycles. The summed E-state index contributed by atoms with van der Waals surface area (Å²) < 4.78 is 0. The smallest absolute Gasteiger partial charge is 0.311 e. The lowest BCUT2D eigenvalue weighted by Gasteiger charge is -2.30. The number of benzene rings is 1. The summed E-state index contributed by atoms with van der Waals surface area (Å²) in [5.74, 6) is -0.935. The maximum Gasteiger partial charge on any atom is 0.311 e. The number of likely N-dealkylation sites (N-methyl/N-ethyl adjacent to an activating group) is 1. The molecule has 20 heavy (non-hydrogen) atoms. The van der Waals surface area contributed by atoms with Gasteiger partial charge in [-0.1, -0.05) is 49.6 Å². The van der Waals surface area contributed by atoms with Gasteiger partial charge in [0.1, 0.15) is 0 Å². The van der Waals surface area contributed by atoms with Gasteiger partial charge in [0.15, 0.2) is 0 Å². The van der Waals surface area contributed by atoms with Crippen molar-refractivity contribution in [2.45, 2.75) is 44.7 Å². The number of nitrogens with one attached hydrogen (secondary N) is 1. The van der Waals surface area contributed by atoms with Gasteiger partial charge in [-0.05, 0) is 18.4 Å². The second kappa shape index (κ2) is 7.08. The van der Waals surface area contributed by atoms with Crippen LogP contribution in [-0.4, -0.2) is 29.8 Å². The van der Waals surface area contributed by atoms with Crippen molar-refractivity contribution in [1.82, 2.24) is 10.2 Å². The van der Waals surface area contributed by atoms with Crippen molar-refractivity contribution in [2.24, 2.45) is 0 Å². The molecule has 0 unspecified atom stereocenters. The summed E-state index contributed by atoms with van der Waals surface area (Å²) in [6, 6.07) is 9.83. The summed E-state index contributed by atoms with van der Waals surface area (Å²) in [4.78, 5) is 25.6. The average Bonchev–Trinajstić information content (AvgIpc) is 2.53. The Morgan fingerprint density at radius 3 is 2.45 bits per heavy atom. The van der Waals surface area contributed by atoms with Crippen LogP contribution < -0.4 is 5.32 Å². The number of carbonyl (C=O) groups excluding carboxylic acids is 2. The van der Waals surface area contributed by atoms with Crippen molar-refractivity contribution in [3.8, 4) is 0 Å². The van der Waals surface area contributed by atoms with Crippen LogP contribution in [0.3, 0.4) is 0 Å². The van der Waals surface area contributed by atoms with Gasteiger partial charge in [0, 0.05) is 19.6 Å². The molecule has 0 atom stereocenters. The van der Waals surface area contributed by atoms with Crippen LogP contribution in [0, 0.1) is 0 Å². The van der Waals surface area contributed by atoms with Gasteiger partial charge in [0.05, 0.1) is 0 Å². The molecule has 1 aromatic carbocycles. The third-order valence-electron chi connectivity index (χ3n) is 3.93. The molecular weight excluding hydrogens is 252 g/mol. The topological polar surface area (TPSA) is 49.4 Å². The zero-order chi connectivity index (χ0) is 14.4. The van der Waals surface area contributed by atoms with Crippen molar-refractivity contribution < 1.29 is 9.59 Å². The molecule has 2 rings (SSSR count). The number of nitrogens with zero attached hydrogens (tertiary/aromatic N) is 1. The highest BCUT2D eigenvalue weighted by Gasteiger charge is 2.26. The molecule has 4 nitrogen and oxygen atoms in total. The maximum atomic E-state index is 12.1. The Bertz CT molecular complexity index is 453. The number of hydrogen-bond acceptors (Lipinski definition) is 2. The lowest BCUT2D eigenvalue weighted by atomic mass is 9.94. The van der Waals surface area contributed by atoms with Crippen LogP contribution in [0.4, 0.5) is 0 Å². The zero-order valence-electron chi connectivity index (χ0n) is 12.0. The lowest BCUT2D eigenvalue weighted by molar-refractivity contribution is -0.146. The summed E-state index contributed by atoms with van der Waals surface area (Å²) in [7, 11) is 1.74. The summed E-state index contributed by atoms with van der Waals surface area (Å²) >= 11 is 0. The first-order valence-corrected chi connectivity index (χ1v) is 7.27. The Hall–Kier alpha value is -1.84. The molecule has 1 aromatic rings. The Balaban J connectivity index is 1.83. The highest BCUT2D eigenvalue weighted by Crippen LogP contribution is 2.21. The SMILES string of the molecule is CN(C(=O)C(=O)NCc1ccccc1)C1CCCCC1. The highest BCUT2D eigenvalue weighted by molar-refractivity contribution is 6.34. The summed E-state index contributed by atoms with van der Waals surface area (Å²) in [6.45, 7) is 0.393. The molecule has 108 valence electrons. The normalized spacial score (nSPS) is 15.7. The zero-order valence-corrected chi connectivity index (χ0v) is 12.0. The third kappa shape index (κ3) is 3.83. The molecule has 0 saturated heterocycles. The molecule has 1 saturated carbocycles. The average molecular weight is 274 g/mol. The Morgan fingerprint density at radius 2 is 1.80 bits per heavy atom. The Labute approximate surface area is 120 Å². The van der Waals surface area contributed by atoms with Crippen molar-refractivity contribution in [3.63, 3.8) is 0 Å². The van der Waals surface area contributed by atoms with Crippen LogP contribution in [0.2, 0.25) is 0 Å². The van der Waals surface area contributed by atoms with Crippen molar-refractivity contribution >= 4 is 11.8 Å². The van der Waals surface area contributed by atoms with Gasteiger partial charge in [0.25, 0.3) is 0 Å². The predicted octanol–water partition coefficient (Wildman–Crippen LogP) is 2.09. The Morgan fingerprint density at radius 1 is 1.15 bits per heavy atom. The molecule has 1 fully saturated rings. The van der Waals surface area contributed by atoms with Crippen LogP contribution in [0.5, 0.6) is 0 Å². The molecule has 0 aromatic heterocycles. The van der Waals surface area contributed by atoms with Crippen molar-refractivity contribution in [3.05, 3.63) is 35.9 Å². The molecule has 4 heteroatoms. The second-order valence-electron chi connectivity index (χ2n) is 5.38. The largest absolute Gasteiger partial charge is 0.344 e. The second-order valence-corrected chi connectivity index (χ2v) is 5.38. The van der Waals surface area contributed by atoms with E-state index in [2.05, 4.69) is 5.32 Å². The van der Waals surface area contributed by atoms with E-state index in [0.717, 1.165) is 31.2 Å². The number of hydrogen-bond donors (Lipinski definition) is 1. The van der Waals surface area contributed by atoms with Gasteiger partial charge in [-0.2, -0.15) is 0 Å². The first-order valence-electron chi connectivity index (χ1n) is 7.27. The van der Waals surface area contributed by atoms with Gasteiger partial charge in [-0.15, -0.1) is 0 Å². The van der Waals surface area contributed by atoms with E-state index in [1.165, 1.54) is 6.42 Å². The van der Waals surface area contributed by atoms with E-state index in [0.29, 0.717) is 6.54 Å². The quantitative estimate of drug-likeness (QED) is 0.858. The van der Waals surface area contributed by atoms with E-state index in [4.69, 9.17) is 0 Å². The van der Waals surface area contributed by atoms with Crippen molar-refractivity contribution in [1.29, 1.82) is 0 Å². The fourth-order valence-electron chi connectivity index (χ4n) is 2.65. The molecule has 0 spiro atoms. The van der Waals surface area contributed by atoms with E-state index < -0.39 is 11.8 Å². The summed E-state index contributed by atoms with van der Waals surface area (Å²) in [5, 5.41) is 2.69. The first kappa shape index (κ1) is 14.6. The van der Waals surface area contributed by atoms with Crippen LogP contribution in [0.25, 0.3) is 0 Å². The van der Waals surface area contributed by atoms with E-state index in [-0.39, 0.29) is 6.04 Å². The van der Waals surface area contributed by atoms with Gasteiger partial charge in [0.2, 0.25) is 0 Å². The van der Waals surface area contributed by atoms with E-state index in [9.17, 15) is 9.59 Å². The maximum absolute atomic E-state index is 12.1. The highest BCUT2D eigenvalue weighted by atomic mass is 16.2. The minimum atomic E-state index is -0.512. The van der Waals surface area contributed by atoms with Crippen LogP contribution in [-0.2, 0) is 16.1 Å². The van der Waals surface area contributed by atoms with Gasteiger partial charge >= 0.3 is 11.8 Å². The molecule has 1 aliphatic carbocycles. The number of amides is 2. The Kier molecular flexibility index (Phi) is 5.16. The molecule has 2 amide bonds. The molecule has 0 heterocycles. The van der Waals surface area contributed by atoms with Gasteiger partial charge in [-0.3, -0.25) is 9.59 Å². The predicted molar refractivity (Wildman–Crippen MR) is 77.9 cm³/mol. The fourth-order valence-corrected chi connectivity index (χ4v) is 2.65. The van der Waals surface area contributed by atoms with Crippen LogP contribution in [0.1, 0.15) is 37.7 Å². The van der Waals surface area contributed by atoms with Crippen molar-refractivity contribution in [2.75, 3.05) is 7.05 Å². The third-order valence-corrected chi connectivity index (χ3v) is 3.93. The molecule has 1 N–H and O–H groups in total. The molecular formula is C16H22N2O2. The van der Waals surface area contributed by atoms with Crippen LogP contribution in [0.15, 0.2) is 30.3 Å². The standard InChI is InChI=1S/C16H22N2O2/c1-18(14-10-6-3-7-11-14)16(20)15(19)17-12-13-8-4-2-5-9-13/h2,4-5,8-9,14H,3,6-7,10-12H2,1H3,(H,17,19). The first-order chi connectivity index (χ1) is 9.68.